The van der Waals surface area contributed by atoms with Gasteiger partial charge in [-0.2, -0.15) is 0 Å². The van der Waals surface area contributed by atoms with Crippen LogP contribution in [0.2, 0.25) is 0 Å². The van der Waals surface area contributed by atoms with Crippen LogP contribution in [0.3, 0.4) is 0 Å². The van der Waals surface area contributed by atoms with Gasteiger partial charge in [-0.05, 0) is 53.1 Å². The van der Waals surface area contributed by atoms with Gasteiger partial charge in [0.1, 0.15) is 0 Å². The number of fused-ring (bicyclic) bond motifs is 1. The van der Waals surface area contributed by atoms with Gasteiger partial charge in [-0.3, -0.25) is 0 Å². The van der Waals surface area contributed by atoms with Crippen molar-refractivity contribution in [3.05, 3.63) is 63.6 Å². The molecule has 0 amide bonds. The zero-order valence-electron chi connectivity index (χ0n) is 12.9. The van der Waals surface area contributed by atoms with Crippen molar-refractivity contribution in [1.29, 1.82) is 0 Å². The minimum atomic E-state index is 0.157. The van der Waals surface area contributed by atoms with Crippen LogP contribution in [0.25, 0.3) is 0 Å². The molecule has 1 atom stereocenters. The van der Waals surface area contributed by atoms with Crippen molar-refractivity contribution in [2.45, 2.75) is 45.1 Å². The number of hydrogen-bond donors (Lipinski definition) is 1. The Hall–Kier alpha value is -1.28. The van der Waals surface area contributed by atoms with Crippen LogP contribution in [-0.4, -0.2) is 0 Å². The van der Waals surface area contributed by atoms with E-state index in [2.05, 4.69) is 84.5 Å². The first-order chi connectivity index (χ1) is 9.95. The molecule has 0 heterocycles. The Morgan fingerprint density at radius 3 is 2.62 bits per heavy atom. The molecule has 2 aromatic rings. The lowest BCUT2D eigenvalue weighted by Gasteiger charge is -2.26. The highest BCUT2D eigenvalue weighted by molar-refractivity contribution is 9.10. The quantitative estimate of drug-likeness (QED) is 0.721. The predicted molar refractivity (Wildman–Crippen MR) is 94.0 cm³/mol. The van der Waals surface area contributed by atoms with Gasteiger partial charge in [-0.25, -0.2) is 0 Å². The summed E-state index contributed by atoms with van der Waals surface area (Å²) in [5, 5.41) is 3.78. The molecule has 1 nitrogen and oxygen atoms in total. The van der Waals surface area contributed by atoms with Crippen molar-refractivity contribution in [3.63, 3.8) is 0 Å². The Morgan fingerprint density at radius 2 is 1.86 bits per heavy atom. The molecule has 0 saturated carbocycles. The van der Waals surface area contributed by atoms with E-state index in [1.807, 2.05) is 0 Å². The number of aryl methyl sites for hydroxylation is 1. The molecule has 0 spiro atoms. The monoisotopic (exact) mass is 343 g/mol. The zero-order valence-corrected chi connectivity index (χ0v) is 14.5. The van der Waals surface area contributed by atoms with E-state index in [0.29, 0.717) is 6.04 Å². The van der Waals surface area contributed by atoms with Crippen molar-refractivity contribution < 1.29 is 0 Å². The predicted octanol–water partition coefficient (Wildman–Crippen LogP) is 5.85. The number of benzene rings is 2. The standard InChI is InChI=1S/C19H22BrN/c1-19(2,3)16-6-4-5-7-18(16)21-17-11-8-13-12-14(20)9-10-15(13)17/h4-7,9-10,12,17,21H,8,11H2,1-3H3. The summed E-state index contributed by atoms with van der Waals surface area (Å²) in [7, 11) is 0. The lowest BCUT2D eigenvalue weighted by molar-refractivity contribution is 0.590. The van der Waals surface area contributed by atoms with Crippen molar-refractivity contribution >= 4 is 21.6 Å². The van der Waals surface area contributed by atoms with E-state index in [1.54, 1.807) is 0 Å². The molecule has 1 unspecified atom stereocenters. The fraction of sp³-hybridized carbons (Fsp3) is 0.368. The number of hydrogen-bond acceptors (Lipinski definition) is 1. The minimum absolute atomic E-state index is 0.157. The zero-order chi connectivity index (χ0) is 15.0. The van der Waals surface area contributed by atoms with Gasteiger partial charge in [0.2, 0.25) is 0 Å². The maximum absolute atomic E-state index is 3.78. The maximum Gasteiger partial charge on any atom is 0.0519 e. The molecule has 110 valence electrons. The summed E-state index contributed by atoms with van der Waals surface area (Å²) in [5.41, 5.74) is 5.73. The molecule has 2 aromatic carbocycles. The summed E-state index contributed by atoms with van der Waals surface area (Å²) in [6.45, 7) is 6.81. The van der Waals surface area contributed by atoms with Gasteiger partial charge in [-0.1, -0.05) is 61.0 Å². The van der Waals surface area contributed by atoms with Gasteiger partial charge in [0.15, 0.2) is 0 Å². The number of para-hydroxylation sites is 1. The van der Waals surface area contributed by atoms with Crippen molar-refractivity contribution in [2.24, 2.45) is 0 Å². The first-order valence-electron chi connectivity index (χ1n) is 7.59. The van der Waals surface area contributed by atoms with Crippen LogP contribution < -0.4 is 5.32 Å². The second kappa shape index (κ2) is 5.49. The van der Waals surface area contributed by atoms with Gasteiger partial charge in [0, 0.05) is 10.2 Å². The summed E-state index contributed by atoms with van der Waals surface area (Å²) in [6.07, 6.45) is 2.33. The molecule has 1 N–H and O–H groups in total. The van der Waals surface area contributed by atoms with E-state index in [1.165, 1.54) is 33.3 Å². The minimum Gasteiger partial charge on any atom is -0.378 e. The average Bonchev–Trinajstić information content (AvgIpc) is 2.80. The van der Waals surface area contributed by atoms with E-state index in [-0.39, 0.29) is 5.41 Å². The fourth-order valence-corrected chi connectivity index (χ4v) is 3.60. The molecule has 3 rings (SSSR count). The maximum atomic E-state index is 3.78. The van der Waals surface area contributed by atoms with Crippen LogP contribution in [0.4, 0.5) is 5.69 Å². The van der Waals surface area contributed by atoms with E-state index in [0.717, 1.165) is 6.42 Å². The van der Waals surface area contributed by atoms with Crippen molar-refractivity contribution in [2.75, 3.05) is 5.32 Å². The number of nitrogens with one attached hydrogen (secondary N) is 1. The first kappa shape index (κ1) is 14.6. The molecule has 0 radical (unpaired) electrons. The second-order valence-electron chi connectivity index (χ2n) is 6.87. The highest BCUT2D eigenvalue weighted by Gasteiger charge is 2.24. The highest BCUT2D eigenvalue weighted by atomic mass is 79.9. The molecule has 0 aromatic heterocycles. The summed E-state index contributed by atoms with van der Waals surface area (Å²) in [5.74, 6) is 0. The molecule has 2 heteroatoms. The van der Waals surface area contributed by atoms with Gasteiger partial charge in [0.25, 0.3) is 0 Å². The number of rotatable bonds is 2. The Balaban J connectivity index is 1.90. The van der Waals surface area contributed by atoms with Crippen molar-refractivity contribution in [1.82, 2.24) is 0 Å². The normalized spacial score (nSPS) is 17.6. The molecule has 1 aliphatic rings. The van der Waals surface area contributed by atoms with Crippen LogP contribution in [0, 0.1) is 0 Å². The summed E-state index contributed by atoms with van der Waals surface area (Å²) >= 11 is 3.57. The van der Waals surface area contributed by atoms with E-state index >= 15 is 0 Å². The smallest absolute Gasteiger partial charge is 0.0519 e. The number of anilines is 1. The van der Waals surface area contributed by atoms with E-state index in [4.69, 9.17) is 0 Å². The third-order valence-corrected chi connectivity index (χ3v) is 4.74. The molecule has 0 aliphatic heterocycles. The van der Waals surface area contributed by atoms with E-state index in [9.17, 15) is 0 Å². The van der Waals surface area contributed by atoms with Crippen LogP contribution >= 0.6 is 15.9 Å². The molecule has 0 fully saturated rings. The Bertz CT molecular complexity index is 655. The highest BCUT2D eigenvalue weighted by Crippen LogP contribution is 2.38. The Labute approximate surface area is 135 Å². The molecule has 1 aliphatic carbocycles. The third-order valence-electron chi connectivity index (χ3n) is 4.25. The topological polar surface area (TPSA) is 12.0 Å². The van der Waals surface area contributed by atoms with E-state index < -0.39 is 0 Å². The van der Waals surface area contributed by atoms with Gasteiger partial charge < -0.3 is 5.32 Å². The van der Waals surface area contributed by atoms with Gasteiger partial charge in [-0.15, -0.1) is 0 Å². The third kappa shape index (κ3) is 3.01. The average molecular weight is 344 g/mol. The molecule has 0 bridgehead atoms. The van der Waals surface area contributed by atoms with Crippen LogP contribution in [-0.2, 0) is 11.8 Å². The Morgan fingerprint density at radius 1 is 1.10 bits per heavy atom. The second-order valence-corrected chi connectivity index (χ2v) is 7.79. The van der Waals surface area contributed by atoms with Gasteiger partial charge >= 0.3 is 0 Å². The summed E-state index contributed by atoms with van der Waals surface area (Å²) in [6, 6.07) is 15.8. The van der Waals surface area contributed by atoms with Crippen molar-refractivity contribution in [3.8, 4) is 0 Å². The largest absolute Gasteiger partial charge is 0.378 e. The summed E-state index contributed by atoms with van der Waals surface area (Å²) in [4.78, 5) is 0. The van der Waals surface area contributed by atoms with Gasteiger partial charge in [0.05, 0.1) is 6.04 Å². The summed E-state index contributed by atoms with van der Waals surface area (Å²) < 4.78 is 1.18. The molecule has 0 saturated heterocycles. The molecular weight excluding hydrogens is 322 g/mol. The van der Waals surface area contributed by atoms with Crippen LogP contribution in [0.1, 0.15) is 49.9 Å². The molecule has 21 heavy (non-hydrogen) atoms. The number of halogens is 1. The van der Waals surface area contributed by atoms with Crippen LogP contribution in [0.5, 0.6) is 0 Å². The lowest BCUT2D eigenvalue weighted by atomic mass is 9.85. The SMILES string of the molecule is CC(C)(C)c1ccccc1NC1CCc2cc(Br)ccc21. The van der Waals surface area contributed by atoms with Crippen LogP contribution in [0.15, 0.2) is 46.9 Å². The Kier molecular flexibility index (Phi) is 3.83. The first-order valence-corrected chi connectivity index (χ1v) is 8.39. The fourth-order valence-electron chi connectivity index (χ4n) is 3.19. The lowest BCUT2D eigenvalue weighted by Crippen LogP contribution is -2.16. The molecular formula is C19H22BrN.